The Balaban J connectivity index is 2.79. The number of phenols is 1. The van der Waals surface area contributed by atoms with Gasteiger partial charge in [-0.1, -0.05) is 0 Å². The molecular formula is C14H19FN2O3. The first kappa shape index (κ1) is 15.9. The number of nitrogens with zero attached hydrogens (tertiary/aromatic N) is 2. The van der Waals surface area contributed by atoms with E-state index < -0.39 is 17.5 Å². The zero-order valence-corrected chi connectivity index (χ0v) is 11.9. The van der Waals surface area contributed by atoms with E-state index in [0.29, 0.717) is 13.1 Å². The molecule has 0 saturated carbocycles. The summed E-state index contributed by atoms with van der Waals surface area (Å²) in [7, 11) is 1.46. The molecule has 0 heterocycles. The van der Waals surface area contributed by atoms with Crippen molar-refractivity contribution in [2.75, 3.05) is 26.7 Å². The second-order valence-corrected chi connectivity index (χ2v) is 4.39. The first-order valence-corrected chi connectivity index (χ1v) is 6.42. The van der Waals surface area contributed by atoms with E-state index >= 15 is 0 Å². The van der Waals surface area contributed by atoms with Gasteiger partial charge in [-0.05, 0) is 26.0 Å². The smallest absolute Gasteiger partial charge is 0.257 e. The molecule has 0 aliphatic heterocycles. The maximum atomic E-state index is 12.9. The van der Waals surface area contributed by atoms with Crippen molar-refractivity contribution < 1.29 is 19.1 Å². The Bertz CT molecular complexity index is 501. The quantitative estimate of drug-likeness (QED) is 0.889. The van der Waals surface area contributed by atoms with E-state index in [1.54, 1.807) is 4.90 Å². The molecule has 2 amide bonds. The number of aromatic hydroxyl groups is 1. The van der Waals surface area contributed by atoms with Crippen LogP contribution >= 0.6 is 0 Å². The zero-order chi connectivity index (χ0) is 15.3. The van der Waals surface area contributed by atoms with Gasteiger partial charge in [0.25, 0.3) is 5.91 Å². The van der Waals surface area contributed by atoms with Crippen molar-refractivity contribution in [2.45, 2.75) is 13.8 Å². The first-order valence-electron chi connectivity index (χ1n) is 6.42. The normalized spacial score (nSPS) is 10.2. The van der Waals surface area contributed by atoms with E-state index in [-0.39, 0.29) is 18.0 Å². The Morgan fingerprint density at radius 3 is 2.35 bits per heavy atom. The van der Waals surface area contributed by atoms with Gasteiger partial charge in [0.2, 0.25) is 5.91 Å². The lowest BCUT2D eigenvalue weighted by molar-refractivity contribution is -0.131. The number of amides is 2. The van der Waals surface area contributed by atoms with Gasteiger partial charge in [0.1, 0.15) is 11.6 Å². The van der Waals surface area contributed by atoms with Crippen LogP contribution in [0.2, 0.25) is 0 Å². The molecule has 0 saturated heterocycles. The molecule has 1 rings (SSSR count). The summed E-state index contributed by atoms with van der Waals surface area (Å²) in [6, 6.07) is 3.16. The molecule has 5 nitrogen and oxygen atoms in total. The second kappa shape index (κ2) is 6.88. The minimum Gasteiger partial charge on any atom is -0.507 e. The van der Waals surface area contributed by atoms with Crippen molar-refractivity contribution in [3.63, 3.8) is 0 Å². The molecule has 1 aromatic rings. The SMILES string of the molecule is CCN(CC)C(=O)CN(C)C(=O)c1ccc(F)cc1O. The number of hydrogen-bond donors (Lipinski definition) is 1. The Labute approximate surface area is 117 Å². The highest BCUT2D eigenvalue weighted by Crippen LogP contribution is 2.19. The minimum atomic E-state index is -0.624. The second-order valence-electron chi connectivity index (χ2n) is 4.39. The number of hydrogen-bond acceptors (Lipinski definition) is 3. The molecule has 20 heavy (non-hydrogen) atoms. The number of benzene rings is 1. The van der Waals surface area contributed by atoms with E-state index in [2.05, 4.69) is 0 Å². The van der Waals surface area contributed by atoms with Crippen molar-refractivity contribution in [1.29, 1.82) is 0 Å². The van der Waals surface area contributed by atoms with Crippen molar-refractivity contribution in [3.05, 3.63) is 29.6 Å². The van der Waals surface area contributed by atoms with Crippen LogP contribution in [0.3, 0.4) is 0 Å². The van der Waals surface area contributed by atoms with Gasteiger partial charge in [0.05, 0.1) is 12.1 Å². The molecule has 0 fully saturated rings. The Morgan fingerprint density at radius 1 is 1.25 bits per heavy atom. The van der Waals surface area contributed by atoms with Crippen LogP contribution in [0.1, 0.15) is 24.2 Å². The third-order valence-corrected chi connectivity index (χ3v) is 3.03. The average molecular weight is 282 g/mol. The fourth-order valence-corrected chi connectivity index (χ4v) is 1.84. The Kier molecular flexibility index (Phi) is 5.49. The fourth-order valence-electron chi connectivity index (χ4n) is 1.84. The molecule has 0 aliphatic carbocycles. The largest absolute Gasteiger partial charge is 0.507 e. The topological polar surface area (TPSA) is 60.9 Å². The Morgan fingerprint density at radius 2 is 1.85 bits per heavy atom. The summed E-state index contributed by atoms with van der Waals surface area (Å²) in [5.41, 5.74) is -0.0266. The summed E-state index contributed by atoms with van der Waals surface area (Å²) in [6.45, 7) is 4.76. The molecule has 0 aliphatic rings. The number of rotatable bonds is 5. The molecule has 6 heteroatoms. The van der Waals surface area contributed by atoms with E-state index in [0.717, 1.165) is 12.1 Å². The van der Waals surface area contributed by atoms with Crippen LogP contribution < -0.4 is 0 Å². The lowest BCUT2D eigenvalue weighted by Crippen LogP contribution is -2.41. The fraction of sp³-hybridized carbons (Fsp3) is 0.429. The maximum Gasteiger partial charge on any atom is 0.257 e. The van der Waals surface area contributed by atoms with Gasteiger partial charge in [-0.25, -0.2) is 4.39 Å². The number of carbonyl (C=O) groups excluding carboxylic acids is 2. The number of carbonyl (C=O) groups is 2. The van der Waals surface area contributed by atoms with Crippen LogP contribution in [0.5, 0.6) is 5.75 Å². The summed E-state index contributed by atoms with van der Waals surface area (Å²) >= 11 is 0. The van der Waals surface area contributed by atoms with Gasteiger partial charge in [0.15, 0.2) is 0 Å². The molecule has 0 bridgehead atoms. The predicted octanol–water partition coefficient (Wildman–Crippen LogP) is 1.47. The van der Waals surface area contributed by atoms with Crippen molar-refractivity contribution in [3.8, 4) is 5.75 Å². The van der Waals surface area contributed by atoms with Crippen LogP contribution in [-0.4, -0.2) is 53.4 Å². The third kappa shape index (κ3) is 3.69. The van der Waals surface area contributed by atoms with Gasteiger partial charge in [-0.3, -0.25) is 9.59 Å². The third-order valence-electron chi connectivity index (χ3n) is 3.03. The lowest BCUT2D eigenvalue weighted by atomic mass is 10.1. The van der Waals surface area contributed by atoms with E-state index in [9.17, 15) is 19.1 Å². The summed E-state index contributed by atoms with van der Waals surface area (Å²) in [5.74, 6) is -1.76. The molecule has 1 N–H and O–H groups in total. The van der Waals surface area contributed by atoms with E-state index in [1.807, 2.05) is 13.8 Å². The van der Waals surface area contributed by atoms with Crippen LogP contribution in [0.4, 0.5) is 4.39 Å². The highest BCUT2D eigenvalue weighted by atomic mass is 19.1. The number of likely N-dealkylation sites (N-methyl/N-ethyl adjacent to an activating group) is 2. The van der Waals surface area contributed by atoms with E-state index in [4.69, 9.17) is 0 Å². The van der Waals surface area contributed by atoms with Gasteiger partial charge >= 0.3 is 0 Å². The number of phenolic OH excluding ortho intramolecular Hbond substituents is 1. The minimum absolute atomic E-state index is 0.0266. The van der Waals surface area contributed by atoms with Gasteiger partial charge in [-0.2, -0.15) is 0 Å². The van der Waals surface area contributed by atoms with Crippen molar-refractivity contribution in [2.24, 2.45) is 0 Å². The molecule has 0 unspecified atom stereocenters. The summed E-state index contributed by atoms with van der Waals surface area (Å²) < 4.78 is 12.9. The average Bonchev–Trinajstić information content (AvgIpc) is 2.39. The first-order chi connectivity index (χ1) is 9.40. The van der Waals surface area contributed by atoms with Crippen LogP contribution in [0.15, 0.2) is 18.2 Å². The molecular weight excluding hydrogens is 263 g/mol. The van der Waals surface area contributed by atoms with Gasteiger partial charge in [-0.15, -0.1) is 0 Å². The predicted molar refractivity (Wildman–Crippen MR) is 73.0 cm³/mol. The van der Waals surface area contributed by atoms with E-state index in [1.165, 1.54) is 18.0 Å². The molecule has 0 spiro atoms. The summed E-state index contributed by atoms with van der Waals surface area (Å²) in [4.78, 5) is 26.8. The lowest BCUT2D eigenvalue weighted by Gasteiger charge is -2.23. The van der Waals surface area contributed by atoms with Gasteiger partial charge < -0.3 is 14.9 Å². The molecule has 110 valence electrons. The van der Waals surface area contributed by atoms with Crippen LogP contribution in [0.25, 0.3) is 0 Å². The molecule has 1 aromatic carbocycles. The molecule has 0 radical (unpaired) electrons. The summed E-state index contributed by atoms with van der Waals surface area (Å²) in [6.07, 6.45) is 0. The molecule has 0 aromatic heterocycles. The van der Waals surface area contributed by atoms with Crippen LogP contribution in [-0.2, 0) is 4.79 Å². The number of halogens is 1. The molecule has 0 atom stereocenters. The standard InChI is InChI=1S/C14H19FN2O3/c1-4-17(5-2)13(19)9-16(3)14(20)11-7-6-10(15)8-12(11)18/h6-8,18H,4-5,9H2,1-3H3. The van der Waals surface area contributed by atoms with Crippen LogP contribution in [0, 0.1) is 5.82 Å². The zero-order valence-electron chi connectivity index (χ0n) is 11.9. The maximum absolute atomic E-state index is 12.9. The highest BCUT2D eigenvalue weighted by Gasteiger charge is 2.20. The van der Waals surface area contributed by atoms with Gasteiger partial charge in [0, 0.05) is 26.2 Å². The Hall–Kier alpha value is -2.11. The van der Waals surface area contributed by atoms with Crippen molar-refractivity contribution >= 4 is 11.8 Å². The monoisotopic (exact) mass is 282 g/mol. The van der Waals surface area contributed by atoms with Crippen molar-refractivity contribution in [1.82, 2.24) is 9.80 Å². The highest BCUT2D eigenvalue weighted by molar-refractivity contribution is 5.98. The summed E-state index contributed by atoms with van der Waals surface area (Å²) in [5, 5.41) is 9.56.